The number of rotatable bonds is 6. The molecule has 2 aromatic carbocycles. The lowest BCUT2D eigenvalue weighted by Crippen LogP contribution is -2.06. The second-order valence-electron chi connectivity index (χ2n) is 5.45. The number of nitrogens with one attached hydrogen (secondary N) is 1. The standard InChI is InChI=1S/C18H16Cl2N2O2/c19-13-9-8-12(14(20)10-13)4-3-7-18(23)24-11-17-21-15-5-1-2-6-16(15)22-17/h1-2,5-6,8-10H,3-4,7,11H2,(H,21,22). The molecule has 124 valence electrons. The van der Waals surface area contributed by atoms with Crippen LogP contribution in [0.25, 0.3) is 11.0 Å². The topological polar surface area (TPSA) is 55.0 Å². The van der Waals surface area contributed by atoms with E-state index in [2.05, 4.69) is 9.97 Å². The van der Waals surface area contributed by atoms with Gasteiger partial charge in [0, 0.05) is 16.5 Å². The molecule has 3 aromatic rings. The summed E-state index contributed by atoms with van der Waals surface area (Å²) in [5.74, 6) is 0.394. The maximum Gasteiger partial charge on any atom is 0.306 e. The first kappa shape index (κ1) is 16.8. The third kappa shape index (κ3) is 4.28. The van der Waals surface area contributed by atoms with E-state index in [9.17, 15) is 4.79 Å². The number of aromatic amines is 1. The van der Waals surface area contributed by atoms with E-state index in [-0.39, 0.29) is 12.6 Å². The highest BCUT2D eigenvalue weighted by Gasteiger charge is 2.08. The molecule has 0 unspecified atom stereocenters. The van der Waals surface area contributed by atoms with Gasteiger partial charge in [-0.2, -0.15) is 0 Å². The van der Waals surface area contributed by atoms with Crippen molar-refractivity contribution < 1.29 is 9.53 Å². The van der Waals surface area contributed by atoms with Gasteiger partial charge < -0.3 is 9.72 Å². The number of hydrogen-bond acceptors (Lipinski definition) is 3. The molecule has 0 aliphatic rings. The quantitative estimate of drug-likeness (QED) is 0.632. The Morgan fingerprint density at radius 2 is 2.00 bits per heavy atom. The Labute approximate surface area is 149 Å². The number of para-hydroxylation sites is 2. The summed E-state index contributed by atoms with van der Waals surface area (Å²) in [7, 11) is 0. The zero-order valence-electron chi connectivity index (χ0n) is 12.9. The molecule has 0 aliphatic heterocycles. The molecule has 1 N–H and O–H groups in total. The van der Waals surface area contributed by atoms with Crippen molar-refractivity contribution >= 4 is 40.2 Å². The van der Waals surface area contributed by atoms with E-state index in [1.165, 1.54) is 0 Å². The summed E-state index contributed by atoms with van der Waals surface area (Å²) in [4.78, 5) is 19.3. The summed E-state index contributed by atoms with van der Waals surface area (Å²) in [6.07, 6.45) is 1.70. The lowest BCUT2D eigenvalue weighted by molar-refractivity contribution is -0.145. The van der Waals surface area contributed by atoms with Crippen molar-refractivity contribution in [1.29, 1.82) is 0 Å². The van der Waals surface area contributed by atoms with Gasteiger partial charge in [0.15, 0.2) is 0 Å². The van der Waals surface area contributed by atoms with E-state index in [0.717, 1.165) is 16.6 Å². The van der Waals surface area contributed by atoms with Crippen molar-refractivity contribution in [1.82, 2.24) is 9.97 Å². The number of carbonyl (C=O) groups excluding carboxylic acids is 1. The van der Waals surface area contributed by atoms with E-state index < -0.39 is 0 Å². The van der Waals surface area contributed by atoms with Crippen LogP contribution in [0.2, 0.25) is 10.0 Å². The van der Waals surface area contributed by atoms with Gasteiger partial charge in [-0.05, 0) is 42.7 Å². The molecule has 1 aromatic heterocycles. The van der Waals surface area contributed by atoms with Gasteiger partial charge in [0.2, 0.25) is 0 Å². The van der Waals surface area contributed by atoms with Crippen molar-refractivity contribution in [2.45, 2.75) is 25.9 Å². The molecule has 0 aliphatic carbocycles. The van der Waals surface area contributed by atoms with Crippen LogP contribution in [0.4, 0.5) is 0 Å². The summed E-state index contributed by atoms with van der Waals surface area (Å²) < 4.78 is 5.26. The minimum atomic E-state index is -0.249. The summed E-state index contributed by atoms with van der Waals surface area (Å²) in [6.45, 7) is 0.148. The predicted molar refractivity (Wildman–Crippen MR) is 95.3 cm³/mol. The summed E-state index contributed by atoms with van der Waals surface area (Å²) in [5, 5.41) is 1.23. The van der Waals surface area contributed by atoms with Crippen LogP contribution in [0.1, 0.15) is 24.2 Å². The number of esters is 1. The summed E-state index contributed by atoms with van der Waals surface area (Å²) in [6, 6.07) is 13.1. The van der Waals surface area contributed by atoms with E-state index >= 15 is 0 Å². The molecule has 0 atom stereocenters. The number of fused-ring (bicyclic) bond motifs is 1. The fraction of sp³-hybridized carbons (Fsp3) is 0.222. The van der Waals surface area contributed by atoms with Crippen molar-refractivity contribution in [3.63, 3.8) is 0 Å². The zero-order valence-corrected chi connectivity index (χ0v) is 14.4. The number of ether oxygens (including phenoxy) is 1. The molecule has 0 saturated carbocycles. The van der Waals surface area contributed by atoms with Gasteiger partial charge in [-0.15, -0.1) is 0 Å². The van der Waals surface area contributed by atoms with Crippen molar-refractivity contribution in [3.05, 3.63) is 63.9 Å². The first-order chi connectivity index (χ1) is 11.6. The van der Waals surface area contributed by atoms with Gasteiger partial charge in [-0.25, -0.2) is 4.98 Å². The van der Waals surface area contributed by atoms with Crippen LogP contribution in [-0.2, 0) is 22.6 Å². The van der Waals surface area contributed by atoms with E-state index in [4.69, 9.17) is 27.9 Å². The smallest absolute Gasteiger partial charge is 0.306 e. The zero-order chi connectivity index (χ0) is 16.9. The number of imidazole rings is 1. The summed E-state index contributed by atoms with van der Waals surface area (Å²) in [5.41, 5.74) is 2.77. The number of benzene rings is 2. The minimum Gasteiger partial charge on any atom is -0.458 e. The third-order valence-corrected chi connectivity index (χ3v) is 4.24. The average Bonchev–Trinajstić information content (AvgIpc) is 2.98. The normalized spacial score (nSPS) is 10.9. The molecule has 0 spiro atoms. The van der Waals surface area contributed by atoms with Gasteiger partial charge >= 0.3 is 5.97 Å². The molecule has 24 heavy (non-hydrogen) atoms. The molecule has 1 heterocycles. The number of hydrogen-bond donors (Lipinski definition) is 1. The predicted octanol–water partition coefficient (Wildman–Crippen LogP) is 4.94. The maximum atomic E-state index is 11.8. The first-order valence-corrected chi connectivity index (χ1v) is 8.40. The van der Waals surface area contributed by atoms with Crippen LogP contribution in [0.3, 0.4) is 0 Å². The molecule has 0 radical (unpaired) electrons. The largest absolute Gasteiger partial charge is 0.458 e. The molecule has 0 saturated heterocycles. The van der Waals surface area contributed by atoms with Crippen molar-refractivity contribution in [2.75, 3.05) is 0 Å². The summed E-state index contributed by atoms with van der Waals surface area (Å²) >= 11 is 12.0. The lowest BCUT2D eigenvalue weighted by Gasteiger charge is -2.05. The number of carbonyl (C=O) groups is 1. The van der Waals surface area contributed by atoms with Gasteiger partial charge in [0.1, 0.15) is 12.4 Å². The maximum absolute atomic E-state index is 11.8. The van der Waals surface area contributed by atoms with E-state index in [0.29, 0.717) is 35.1 Å². The molecular weight excluding hydrogens is 347 g/mol. The second-order valence-corrected chi connectivity index (χ2v) is 6.29. The van der Waals surface area contributed by atoms with Crippen LogP contribution in [0.5, 0.6) is 0 Å². The lowest BCUT2D eigenvalue weighted by atomic mass is 10.1. The SMILES string of the molecule is O=C(CCCc1ccc(Cl)cc1Cl)OCc1nc2ccccc2[nH]1. The van der Waals surface area contributed by atoms with Gasteiger partial charge in [0.05, 0.1) is 11.0 Å². The van der Waals surface area contributed by atoms with Gasteiger partial charge in [-0.1, -0.05) is 41.4 Å². The Kier molecular flexibility index (Phi) is 5.38. The third-order valence-electron chi connectivity index (χ3n) is 3.65. The number of nitrogens with zero attached hydrogens (tertiary/aromatic N) is 1. The molecule has 0 bridgehead atoms. The molecule has 6 heteroatoms. The highest BCUT2D eigenvalue weighted by Crippen LogP contribution is 2.22. The average molecular weight is 363 g/mol. The van der Waals surface area contributed by atoms with Crippen molar-refractivity contribution in [2.24, 2.45) is 0 Å². The van der Waals surface area contributed by atoms with Crippen LogP contribution in [0, 0.1) is 0 Å². The molecule has 4 nitrogen and oxygen atoms in total. The van der Waals surface area contributed by atoms with Gasteiger partial charge in [-0.3, -0.25) is 4.79 Å². The van der Waals surface area contributed by atoms with Crippen LogP contribution in [-0.4, -0.2) is 15.9 Å². The van der Waals surface area contributed by atoms with Crippen LogP contribution in [0.15, 0.2) is 42.5 Å². The Morgan fingerprint density at radius 1 is 1.17 bits per heavy atom. The highest BCUT2D eigenvalue weighted by atomic mass is 35.5. The molecule has 0 amide bonds. The first-order valence-electron chi connectivity index (χ1n) is 7.65. The molecule has 0 fully saturated rings. The number of H-pyrrole nitrogens is 1. The van der Waals surface area contributed by atoms with E-state index in [1.807, 2.05) is 30.3 Å². The van der Waals surface area contributed by atoms with Gasteiger partial charge in [0.25, 0.3) is 0 Å². The van der Waals surface area contributed by atoms with Crippen LogP contribution < -0.4 is 0 Å². The number of aryl methyl sites for hydroxylation is 1. The molecular formula is C18H16Cl2N2O2. The number of aromatic nitrogens is 2. The monoisotopic (exact) mass is 362 g/mol. The Balaban J connectivity index is 1.45. The second kappa shape index (κ2) is 7.69. The van der Waals surface area contributed by atoms with E-state index in [1.54, 1.807) is 12.1 Å². The highest BCUT2D eigenvalue weighted by molar-refractivity contribution is 6.35. The Bertz CT molecular complexity index is 828. The fourth-order valence-electron chi connectivity index (χ4n) is 2.44. The Morgan fingerprint density at radius 3 is 2.79 bits per heavy atom. The minimum absolute atomic E-state index is 0.148. The molecule has 3 rings (SSSR count). The Hall–Kier alpha value is -2.04. The number of halogens is 2. The van der Waals surface area contributed by atoms with Crippen molar-refractivity contribution in [3.8, 4) is 0 Å². The fourth-order valence-corrected chi connectivity index (χ4v) is 2.95. The van der Waals surface area contributed by atoms with Crippen LogP contribution >= 0.6 is 23.2 Å².